The van der Waals surface area contributed by atoms with Crippen LogP contribution in [0.5, 0.6) is 0 Å². The van der Waals surface area contributed by atoms with Gasteiger partial charge in [-0.05, 0) is 6.92 Å². The third-order valence-corrected chi connectivity index (χ3v) is 3.12. The van der Waals surface area contributed by atoms with Crippen molar-refractivity contribution in [3.05, 3.63) is 16.1 Å². The van der Waals surface area contributed by atoms with Crippen molar-refractivity contribution in [2.45, 2.75) is 13.3 Å². The predicted octanol–water partition coefficient (Wildman–Crippen LogP) is 1.53. The minimum Gasteiger partial charge on any atom is -0.378 e. The van der Waals surface area contributed by atoms with Gasteiger partial charge in [0, 0.05) is 17.5 Å². The third-order valence-electron chi connectivity index (χ3n) is 2.15. The Morgan fingerprint density at radius 2 is 2.54 bits per heavy atom. The Kier molecular flexibility index (Phi) is 2.06. The van der Waals surface area contributed by atoms with Crippen LogP contribution in [-0.4, -0.2) is 18.2 Å². The van der Waals surface area contributed by atoms with Crippen molar-refractivity contribution in [2.24, 2.45) is 5.41 Å². The molecule has 0 N–H and O–H groups in total. The molecule has 2 heterocycles. The zero-order chi connectivity index (χ0) is 9.31. The number of aryl methyl sites for hydroxylation is 1. The van der Waals surface area contributed by atoms with Crippen molar-refractivity contribution >= 4 is 11.3 Å². The predicted molar refractivity (Wildman–Crippen MR) is 49.4 cm³/mol. The van der Waals surface area contributed by atoms with Gasteiger partial charge in [-0.1, -0.05) is 0 Å². The van der Waals surface area contributed by atoms with Crippen LogP contribution in [0, 0.1) is 23.7 Å². The van der Waals surface area contributed by atoms with E-state index in [1.54, 1.807) is 11.3 Å². The number of ether oxygens (including phenoxy) is 1. The lowest BCUT2D eigenvalue weighted by atomic mass is 9.84. The first-order valence-corrected chi connectivity index (χ1v) is 5.02. The molecule has 0 aliphatic carbocycles. The Morgan fingerprint density at radius 3 is 2.92 bits per heavy atom. The van der Waals surface area contributed by atoms with Crippen LogP contribution in [0.4, 0.5) is 0 Å². The van der Waals surface area contributed by atoms with Gasteiger partial charge in [-0.2, -0.15) is 5.26 Å². The molecule has 0 spiro atoms. The molecule has 4 heteroatoms. The lowest BCUT2D eigenvalue weighted by molar-refractivity contribution is -0.0765. The van der Waals surface area contributed by atoms with E-state index in [1.807, 2.05) is 12.3 Å². The molecule has 13 heavy (non-hydrogen) atoms. The highest BCUT2D eigenvalue weighted by molar-refractivity contribution is 7.09. The number of nitriles is 1. The minimum absolute atomic E-state index is 0.287. The van der Waals surface area contributed by atoms with Gasteiger partial charge < -0.3 is 4.74 Å². The summed E-state index contributed by atoms with van der Waals surface area (Å²) in [7, 11) is 0. The summed E-state index contributed by atoms with van der Waals surface area (Å²) in [6.45, 7) is 3.08. The van der Waals surface area contributed by atoms with Gasteiger partial charge in [0.1, 0.15) is 5.41 Å². The second-order valence-corrected chi connectivity index (χ2v) is 4.39. The van der Waals surface area contributed by atoms with Crippen LogP contribution in [0.3, 0.4) is 0 Å². The SMILES string of the molecule is Cc1csc(CC2(C#N)COC2)n1. The smallest absolute Gasteiger partial charge is 0.110 e. The first-order valence-electron chi connectivity index (χ1n) is 4.14. The van der Waals surface area contributed by atoms with E-state index in [2.05, 4.69) is 11.1 Å². The molecule has 0 radical (unpaired) electrons. The van der Waals surface area contributed by atoms with Gasteiger partial charge in [0.25, 0.3) is 0 Å². The van der Waals surface area contributed by atoms with E-state index in [1.165, 1.54) is 0 Å². The number of hydrogen-bond donors (Lipinski definition) is 0. The summed E-state index contributed by atoms with van der Waals surface area (Å²) >= 11 is 1.62. The Labute approximate surface area is 81.0 Å². The van der Waals surface area contributed by atoms with E-state index in [4.69, 9.17) is 10.00 Å². The summed E-state index contributed by atoms with van der Waals surface area (Å²) in [5.41, 5.74) is 0.748. The van der Waals surface area contributed by atoms with E-state index in [9.17, 15) is 0 Å². The molecule has 2 rings (SSSR count). The fraction of sp³-hybridized carbons (Fsp3) is 0.556. The van der Waals surface area contributed by atoms with E-state index in [0.29, 0.717) is 13.2 Å². The van der Waals surface area contributed by atoms with Crippen LogP contribution in [0.15, 0.2) is 5.38 Å². The number of hydrogen-bond acceptors (Lipinski definition) is 4. The van der Waals surface area contributed by atoms with Crippen molar-refractivity contribution < 1.29 is 4.74 Å². The molecule has 0 atom stereocenters. The van der Waals surface area contributed by atoms with Crippen LogP contribution in [0.2, 0.25) is 0 Å². The average molecular weight is 194 g/mol. The Hall–Kier alpha value is -0.920. The van der Waals surface area contributed by atoms with Crippen LogP contribution >= 0.6 is 11.3 Å². The van der Waals surface area contributed by atoms with Gasteiger partial charge in [-0.3, -0.25) is 0 Å². The second-order valence-electron chi connectivity index (χ2n) is 3.44. The lowest BCUT2D eigenvalue weighted by Crippen LogP contribution is -2.43. The monoisotopic (exact) mass is 194 g/mol. The van der Waals surface area contributed by atoms with Gasteiger partial charge in [-0.25, -0.2) is 4.98 Å². The summed E-state index contributed by atoms with van der Waals surface area (Å²) in [6.07, 6.45) is 0.738. The zero-order valence-corrected chi connectivity index (χ0v) is 8.23. The molecule has 0 bridgehead atoms. The maximum absolute atomic E-state index is 8.95. The van der Waals surface area contributed by atoms with Crippen LogP contribution in [0.25, 0.3) is 0 Å². The fourth-order valence-corrected chi connectivity index (χ4v) is 2.24. The van der Waals surface area contributed by atoms with Crippen molar-refractivity contribution in [1.82, 2.24) is 4.98 Å². The van der Waals surface area contributed by atoms with Gasteiger partial charge in [0.2, 0.25) is 0 Å². The highest BCUT2D eigenvalue weighted by Gasteiger charge is 2.39. The Balaban J connectivity index is 2.09. The average Bonchev–Trinajstić information content (AvgIpc) is 2.44. The largest absolute Gasteiger partial charge is 0.378 e. The fourth-order valence-electron chi connectivity index (χ4n) is 1.33. The zero-order valence-electron chi connectivity index (χ0n) is 7.41. The molecule has 0 aromatic carbocycles. The summed E-state index contributed by atoms with van der Waals surface area (Å²) in [6, 6.07) is 2.31. The molecule has 1 aromatic heterocycles. The van der Waals surface area contributed by atoms with Crippen molar-refractivity contribution in [2.75, 3.05) is 13.2 Å². The van der Waals surface area contributed by atoms with E-state index >= 15 is 0 Å². The first kappa shape index (κ1) is 8.67. The summed E-state index contributed by atoms with van der Waals surface area (Å²) in [4.78, 5) is 4.34. The molecule has 1 saturated heterocycles. The number of nitrogens with zero attached hydrogens (tertiary/aromatic N) is 2. The van der Waals surface area contributed by atoms with E-state index in [-0.39, 0.29) is 5.41 Å². The molecular weight excluding hydrogens is 184 g/mol. The molecule has 1 fully saturated rings. The standard InChI is InChI=1S/C9H10N2OS/c1-7-3-13-8(11-7)2-9(4-10)5-12-6-9/h3H,2,5-6H2,1H3. The summed E-state index contributed by atoms with van der Waals surface area (Å²) in [5.74, 6) is 0. The highest BCUT2D eigenvalue weighted by Crippen LogP contribution is 2.31. The van der Waals surface area contributed by atoms with Gasteiger partial charge in [0.15, 0.2) is 0 Å². The second kappa shape index (κ2) is 3.09. The summed E-state index contributed by atoms with van der Waals surface area (Å²) < 4.78 is 5.06. The normalized spacial score (nSPS) is 19.1. The van der Waals surface area contributed by atoms with Crippen LogP contribution in [-0.2, 0) is 11.2 Å². The highest BCUT2D eigenvalue weighted by atomic mass is 32.1. The number of thiazole rings is 1. The Morgan fingerprint density at radius 1 is 1.77 bits per heavy atom. The Bertz CT molecular complexity index is 349. The van der Waals surface area contributed by atoms with Crippen LogP contribution in [0.1, 0.15) is 10.7 Å². The lowest BCUT2D eigenvalue weighted by Gasteiger charge is -2.34. The molecule has 1 aromatic rings. The quantitative estimate of drug-likeness (QED) is 0.717. The van der Waals surface area contributed by atoms with Gasteiger partial charge in [-0.15, -0.1) is 11.3 Å². The molecule has 68 valence electrons. The molecular formula is C9H10N2OS. The number of aromatic nitrogens is 1. The van der Waals surface area contributed by atoms with E-state index in [0.717, 1.165) is 17.1 Å². The third kappa shape index (κ3) is 1.58. The molecule has 0 saturated carbocycles. The maximum Gasteiger partial charge on any atom is 0.110 e. The van der Waals surface area contributed by atoms with Crippen LogP contribution < -0.4 is 0 Å². The van der Waals surface area contributed by atoms with Crippen molar-refractivity contribution in [3.8, 4) is 6.07 Å². The van der Waals surface area contributed by atoms with E-state index < -0.39 is 0 Å². The van der Waals surface area contributed by atoms with Gasteiger partial charge in [0.05, 0.1) is 24.3 Å². The van der Waals surface area contributed by atoms with Crippen molar-refractivity contribution in [3.63, 3.8) is 0 Å². The molecule has 1 aliphatic rings. The van der Waals surface area contributed by atoms with Crippen molar-refractivity contribution in [1.29, 1.82) is 5.26 Å². The first-order chi connectivity index (χ1) is 6.24. The molecule has 1 aliphatic heterocycles. The maximum atomic E-state index is 8.95. The molecule has 0 amide bonds. The summed E-state index contributed by atoms with van der Waals surface area (Å²) in [5, 5.41) is 12.0. The van der Waals surface area contributed by atoms with Gasteiger partial charge >= 0.3 is 0 Å². The molecule has 0 unspecified atom stereocenters. The topological polar surface area (TPSA) is 45.9 Å². The molecule has 3 nitrogen and oxygen atoms in total. The number of rotatable bonds is 2. The minimum atomic E-state index is -0.287.